The number of anilines is 3. The van der Waals surface area contributed by atoms with Gasteiger partial charge < -0.3 is 19.9 Å². The van der Waals surface area contributed by atoms with Crippen molar-refractivity contribution in [3.63, 3.8) is 0 Å². The Bertz CT molecular complexity index is 1320. The first-order valence-electron chi connectivity index (χ1n) is 11.4. The quantitative estimate of drug-likeness (QED) is 0.448. The lowest BCUT2D eigenvalue weighted by Gasteiger charge is -2.34. The van der Waals surface area contributed by atoms with E-state index in [9.17, 15) is 0 Å². The fraction of sp³-hybridized carbons (Fsp3) is 0.269. The summed E-state index contributed by atoms with van der Waals surface area (Å²) < 4.78 is 5.47. The molecule has 0 spiro atoms. The van der Waals surface area contributed by atoms with Crippen LogP contribution in [0.25, 0.3) is 23.1 Å². The first-order chi connectivity index (χ1) is 16.6. The van der Waals surface area contributed by atoms with Gasteiger partial charge in [0.15, 0.2) is 11.6 Å². The summed E-state index contributed by atoms with van der Waals surface area (Å²) in [6.45, 7) is 6.09. The Morgan fingerprint density at radius 2 is 1.82 bits per heavy atom. The summed E-state index contributed by atoms with van der Waals surface area (Å²) in [5, 5.41) is 11.6. The summed E-state index contributed by atoms with van der Waals surface area (Å²) in [6, 6.07) is 16.3. The van der Waals surface area contributed by atoms with Gasteiger partial charge in [0.2, 0.25) is 0 Å². The number of aromatic amines is 1. The molecule has 34 heavy (non-hydrogen) atoms. The summed E-state index contributed by atoms with van der Waals surface area (Å²) in [5.41, 5.74) is 4.02. The van der Waals surface area contributed by atoms with Gasteiger partial charge in [-0.25, -0.2) is 9.97 Å². The van der Waals surface area contributed by atoms with Gasteiger partial charge >= 0.3 is 0 Å². The summed E-state index contributed by atoms with van der Waals surface area (Å²) >= 11 is 0. The van der Waals surface area contributed by atoms with Crippen LogP contribution in [0.5, 0.6) is 5.75 Å². The lowest BCUT2D eigenvalue weighted by Crippen LogP contribution is -2.44. The number of methoxy groups -OCH3 is 1. The minimum absolute atomic E-state index is 0.615. The van der Waals surface area contributed by atoms with Gasteiger partial charge in [-0.3, -0.25) is 5.10 Å². The molecule has 2 N–H and O–H groups in total. The number of nitrogens with one attached hydrogen (secondary N) is 2. The molecule has 1 aliphatic rings. The molecule has 8 heteroatoms. The Kier molecular flexibility index (Phi) is 6.14. The van der Waals surface area contributed by atoms with E-state index in [1.807, 2.05) is 49.4 Å². The third kappa shape index (κ3) is 4.72. The summed E-state index contributed by atoms with van der Waals surface area (Å²) in [6.07, 6.45) is 3.90. The van der Waals surface area contributed by atoms with Crippen molar-refractivity contribution in [3.05, 3.63) is 65.6 Å². The van der Waals surface area contributed by atoms with Crippen LogP contribution in [0.4, 0.5) is 17.3 Å². The molecule has 8 nitrogen and oxygen atoms in total. The molecular weight excluding hydrogens is 426 g/mol. The Morgan fingerprint density at radius 1 is 1.00 bits per heavy atom. The minimum atomic E-state index is 0.615. The van der Waals surface area contributed by atoms with Crippen LogP contribution in [0.1, 0.15) is 17.1 Å². The summed E-state index contributed by atoms with van der Waals surface area (Å²) in [5.74, 6) is 2.87. The second-order valence-electron chi connectivity index (χ2n) is 8.56. The molecule has 1 saturated heterocycles. The van der Waals surface area contributed by atoms with E-state index in [1.165, 1.54) is 5.69 Å². The first kappa shape index (κ1) is 21.9. The van der Waals surface area contributed by atoms with Gasteiger partial charge in [-0.2, -0.15) is 5.10 Å². The predicted molar refractivity (Wildman–Crippen MR) is 138 cm³/mol. The minimum Gasteiger partial charge on any atom is -0.496 e. The lowest BCUT2D eigenvalue weighted by molar-refractivity contribution is 0.313. The monoisotopic (exact) mass is 455 g/mol. The average Bonchev–Trinajstić information content (AvgIpc) is 3.27. The van der Waals surface area contributed by atoms with Gasteiger partial charge in [-0.05, 0) is 50.4 Å². The number of fused-ring (bicyclic) bond motifs is 1. The van der Waals surface area contributed by atoms with Gasteiger partial charge in [0.05, 0.1) is 12.6 Å². The molecule has 1 fully saturated rings. The van der Waals surface area contributed by atoms with Crippen molar-refractivity contribution >= 4 is 40.4 Å². The highest BCUT2D eigenvalue weighted by atomic mass is 16.5. The predicted octanol–water partition coefficient (Wildman–Crippen LogP) is 4.34. The van der Waals surface area contributed by atoms with E-state index in [2.05, 4.69) is 50.6 Å². The fourth-order valence-corrected chi connectivity index (χ4v) is 4.14. The molecule has 3 heterocycles. The van der Waals surface area contributed by atoms with Crippen molar-refractivity contribution in [1.82, 2.24) is 25.1 Å². The third-order valence-electron chi connectivity index (χ3n) is 6.07. The number of rotatable bonds is 6. The summed E-state index contributed by atoms with van der Waals surface area (Å²) in [7, 11) is 3.84. The zero-order valence-corrected chi connectivity index (χ0v) is 19.7. The second kappa shape index (κ2) is 9.52. The van der Waals surface area contributed by atoms with Crippen LogP contribution in [0, 0.1) is 6.92 Å². The van der Waals surface area contributed by atoms with Crippen LogP contribution in [-0.4, -0.2) is 65.4 Å². The number of hydrogen-bond acceptors (Lipinski definition) is 7. The van der Waals surface area contributed by atoms with Crippen LogP contribution in [0.3, 0.4) is 0 Å². The molecule has 4 aromatic rings. The zero-order chi connectivity index (χ0) is 23.5. The van der Waals surface area contributed by atoms with E-state index in [4.69, 9.17) is 14.7 Å². The molecule has 174 valence electrons. The zero-order valence-electron chi connectivity index (χ0n) is 19.7. The van der Waals surface area contributed by atoms with E-state index in [0.717, 1.165) is 65.7 Å². The fourth-order valence-electron chi connectivity index (χ4n) is 4.14. The second-order valence-corrected chi connectivity index (χ2v) is 8.56. The largest absolute Gasteiger partial charge is 0.496 e. The molecule has 1 aliphatic heterocycles. The highest BCUT2D eigenvalue weighted by molar-refractivity contribution is 5.93. The highest BCUT2D eigenvalue weighted by Gasteiger charge is 2.16. The normalized spacial score (nSPS) is 14.7. The molecular formula is C26H29N7O. The molecule has 0 amide bonds. The number of piperazine rings is 1. The Hall–Kier alpha value is -3.91. The van der Waals surface area contributed by atoms with Crippen molar-refractivity contribution in [1.29, 1.82) is 0 Å². The van der Waals surface area contributed by atoms with Gasteiger partial charge in [-0.1, -0.05) is 18.2 Å². The Labute approximate surface area is 199 Å². The molecule has 2 aromatic heterocycles. The highest BCUT2D eigenvalue weighted by Crippen LogP contribution is 2.29. The maximum Gasteiger partial charge on any atom is 0.154 e. The molecule has 0 atom stereocenters. The van der Waals surface area contributed by atoms with Crippen molar-refractivity contribution in [2.24, 2.45) is 0 Å². The van der Waals surface area contributed by atoms with Gasteiger partial charge in [-0.15, -0.1) is 0 Å². The molecule has 0 saturated carbocycles. The number of likely N-dealkylation sites (N-methyl/N-ethyl adjacent to an activating group) is 1. The molecule has 0 radical (unpaired) electrons. The van der Waals surface area contributed by atoms with Crippen LogP contribution < -0.4 is 15.0 Å². The van der Waals surface area contributed by atoms with Crippen molar-refractivity contribution in [2.75, 3.05) is 50.6 Å². The van der Waals surface area contributed by atoms with E-state index in [0.29, 0.717) is 5.82 Å². The lowest BCUT2D eigenvalue weighted by atomic mass is 10.1. The van der Waals surface area contributed by atoms with Gasteiger partial charge in [0.25, 0.3) is 0 Å². The van der Waals surface area contributed by atoms with E-state index >= 15 is 0 Å². The Balaban J connectivity index is 1.54. The van der Waals surface area contributed by atoms with Gasteiger partial charge in [0.1, 0.15) is 11.6 Å². The smallest absolute Gasteiger partial charge is 0.154 e. The van der Waals surface area contributed by atoms with Crippen molar-refractivity contribution < 1.29 is 4.74 Å². The van der Waals surface area contributed by atoms with E-state index in [-0.39, 0.29) is 0 Å². The molecule has 0 unspecified atom stereocenters. The number of benzene rings is 2. The van der Waals surface area contributed by atoms with Crippen LogP contribution in [-0.2, 0) is 0 Å². The molecule has 0 aliphatic carbocycles. The number of ether oxygens (including phenoxy) is 1. The van der Waals surface area contributed by atoms with Crippen LogP contribution in [0.2, 0.25) is 0 Å². The number of hydrogen-bond donors (Lipinski definition) is 2. The third-order valence-corrected chi connectivity index (χ3v) is 6.07. The number of para-hydroxylation sites is 1. The number of H-pyrrole nitrogens is 1. The number of aryl methyl sites for hydroxylation is 1. The van der Waals surface area contributed by atoms with E-state index in [1.54, 1.807) is 7.11 Å². The molecule has 0 bridgehead atoms. The topological polar surface area (TPSA) is 82.2 Å². The first-order valence-corrected chi connectivity index (χ1v) is 11.4. The van der Waals surface area contributed by atoms with Crippen LogP contribution in [0.15, 0.2) is 48.5 Å². The van der Waals surface area contributed by atoms with Crippen molar-refractivity contribution in [2.45, 2.75) is 6.92 Å². The molecule has 5 rings (SSSR count). The number of aromatic nitrogens is 4. The number of nitrogens with zero attached hydrogens (tertiary/aromatic N) is 5. The maximum atomic E-state index is 5.47. The SMILES string of the molecule is COc1ccccc1/C=C/c1nc(Nc2cc(C)[nH]n2)c2ccc(N3CCN(C)CC3)cc2n1. The van der Waals surface area contributed by atoms with Gasteiger partial charge in [0, 0.05) is 54.6 Å². The van der Waals surface area contributed by atoms with E-state index < -0.39 is 0 Å². The average molecular weight is 456 g/mol. The van der Waals surface area contributed by atoms with Crippen molar-refractivity contribution in [3.8, 4) is 5.75 Å². The molecule has 2 aromatic carbocycles. The maximum absolute atomic E-state index is 5.47. The summed E-state index contributed by atoms with van der Waals surface area (Å²) in [4.78, 5) is 14.5. The standard InChI is InChI=1S/C26H29N7O/c1-18-16-25(31-30-18)29-26-21-10-9-20(33-14-12-32(2)13-15-33)17-22(21)27-24(28-26)11-8-19-6-4-5-7-23(19)34-3/h4-11,16-17H,12-15H2,1-3H3,(H2,27,28,29,30,31)/b11-8+. The van der Waals surface area contributed by atoms with Crippen LogP contribution >= 0.6 is 0 Å². The Morgan fingerprint density at radius 3 is 2.59 bits per heavy atom.